The molecule has 1 aromatic heterocycles. The Balaban J connectivity index is 1.70. The van der Waals surface area contributed by atoms with E-state index in [0.717, 1.165) is 24.9 Å². The lowest BCUT2D eigenvalue weighted by Gasteiger charge is -2.40. The van der Waals surface area contributed by atoms with Gasteiger partial charge in [-0.1, -0.05) is 20.3 Å². The first-order valence-corrected chi connectivity index (χ1v) is 8.70. The van der Waals surface area contributed by atoms with Crippen molar-refractivity contribution in [2.75, 3.05) is 13.1 Å². The fourth-order valence-electron chi connectivity index (χ4n) is 3.67. The van der Waals surface area contributed by atoms with Gasteiger partial charge in [-0.2, -0.15) is 5.10 Å². The second-order valence-electron chi connectivity index (χ2n) is 6.83. The van der Waals surface area contributed by atoms with Crippen molar-refractivity contribution in [3.8, 4) is 0 Å². The lowest BCUT2D eigenvalue weighted by Crippen LogP contribution is -2.56. The van der Waals surface area contributed by atoms with E-state index in [1.807, 2.05) is 0 Å². The van der Waals surface area contributed by atoms with Crippen molar-refractivity contribution in [2.45, 2.75) is 64.6 Å². The Morgan fingerprint density at radius 1 is 1.33 bits per heavy atom. The number of nitrogens with one attached hydrogen (secondary N) is 1. The van der Waals surface area contributed by atoms with E-state index >= 15 is 0 Å². The van der Waals surface area contributed by atoms with Gasteiger partial charge in [0.2, 0.25) is 0 Å². The minimum atomic E-state index is 0.670. The minimum absolute atomic E-state index is 0.670. The van der Waals surface area contributed by atoms with Gasteiger partial charge in [-0.3, -0.25) is 9.58 Å². The van der Waals surface area contributed by atoms with Gasteiger partial charge in [-0.25, -0.2) is 0 Å². The molecule has 0 radical (unpaired) electrons. The van der Waals surface area contributed by atoms with Crippen molar-refractivity contribution < 1.29 is 0 Å². The quantitative estimate of drug-likeness (QED) is 0.873. The molecule has 0 bridgehead atoms. The predicted molar refractivity (Wildman–Crippen MR) is 86.2 cm³/mol. The third kappa shape index (κ3) is 3.49. The van der Waals surface area contributed by atoms with Crippen LogP contribution in [0.5, 0.6) is 0 Å². The fraction of sp³-hybridized carbons (Fsp3) is 0.824. The van der Waals surface area contributed by atoms with Crippen LogP contribution in [0.4, 0.5) is 0 Å². The Labute approximate surface area is 128 Å². The SMILES string of the molecule is CCCC1CN(Cc2cc(CC)nn2C)C(C2CC2)CN1. The van der Waals surface area contributed by atoms with Crippen molar-refractivity contribution in [3.63, 3.8) is 0 Å². The van der Waals surface area contributed by atoms with Gasteiger partial charge in [0.05, 0.1) is 11.4 Å². The van der Waals surface area contributed by atoms with E-state index in [0.29, 0.717) is 6.04 Å². The molecule has 1 aromatic rings. The summed E-state index contributed by atoms with van der Waals surface area (Å²) in [4.78, 5) is 2.73. The van der Waals surface area contributed by atoms with E-state index in [4.69, 9.17) is 0 Å². The van der Waals surface area contributed by atoms with Crippen molar-refractivity contribution in [1.29, 1.82) is 0 Å². The maximum absolute atomic E-state index is 4.61. The minimum Gasteiger partial charge on any atom is -0.311 e. The third-order valence-electron chi connectivity index (χ3n) is 5.10. The Bertz CT molecular complexity index is 463. The Morgan fingerprint density at radius 2 is 2.14 bits per heavy atom. The first-order valence-electron chi connectivity index (χ1n) is 8.70. The van der Waals surface area contributed by atoms with Gasteiger partial charge < -0.3 is 5.32 Å². The second kappa shape index (κ2) is 6.49. The number of rotatable bonds is 6. The molecule has 1 saturated heterocycles. The molecular formula is C17H30N4. The average Bonchev–Trinajstić information content (AvgIpc) is 3.25. The molecule has 0 amide bonds. The summed E-state index contributed by atoms with van der Waals surface area (Å²) in [5.41, 5.74) is 2.59. The van der Waals surface area contributed by atoms with E-state index in [9.17, 15) is 0 Å². The van der Waals surface area contributed by atoms with Crippen LogP contribution in [-0.2, 0) is 20.0 Å². The summed E-state index contributed by atoms with van der Waals surface area (Å²) in [5.74, 6) is 0.930. The molecule has 2 unspecified atom stereocenters. The topological polar surface area (TPSA) is 33.1 Å². The summed E-state index contributed by atoms with van der Waals surface area (Å²) in [7, 11) is 2.09. The molecule has 1 aliphatic carbocycles. The van der Waals surface area contributed by atoms with Gasteiger partial charge in [-0.15, -0.1) is 0 Å². The van der Waals surface area contributed by atoms with Crippen LogP contribution in [0.3, 0.4) is 0 Å². The van der Waals surface area contributed by atoms with Crippen LogP contribution in [0.15, 0.2) is 6.07 Å². The molecule has 0 aromatic carbocycles. The molecule has 3 rings (SSSR count). The van der Waals surface area contributed by atoms with E-state index in [1.165, 1.54) is 50.2 Å². The fourth-order valence-corrected chi connectivity index (χ4v) is 3.67. The Hall–Kier alpha value is -0.870. The van der Waals surface area contributed by atoms with Crippen molar-refractivity contribution in [2.24, 2.45) is 13.0 Å². The first kappa shape index (κ1) is 15.0. The molecule has 2 atom stereocenters. The zero-order valence-electron chi connectivity index (χ0n) is 13.8. The van der Waals surface area contributed by atoms with Gasteiger partial charge in [-0.05, 0) is 37.7 Å². The largest absolute Gasteiger partial charge is 0.311 e. The summed E-state index contributed by atoms with van der Waals surface area (Å²) in [6.45, 7) is 7.90. The van der Waals surface area contributed by atoms with Gasteiger partial charge in [0.1, 0.15) is 0 Å². The van der Waals surface area contributed by atoms with Crippen LogP contribution in [0, 0.1) is 5.92 Å². The molecule has 1 aliphatic heterocycles. The molecule has 1 N–H and O–H groups in total. The highest BCUT2D eigenvalue weighted by Crippen LogP contribution is 2.37. The highest BCUT2D eigenvalue weighted by molar-refractivity contribution is 5.11. The normalized spacial score (nSPS) is 27.2. The summed E-state index contributed by atoms with van der Waals surface area (Å²) in [6, 6.07) is 3.70. The van der Waals surface area contributed by atoms with Gasteiger partial charge >= 0.3 is 0 Å². The van der Waals surface area contributed by atoms with Gasteiger partial charge in [0.25, 0.3) is 0 Å². The van der Waals surface area contributed by atoms with Crippen LogP contribution >= 0.6 is 0 Å². The van der Waals surface area contributed by atoms with Crippen molar-refractivity contribution in [3.05, 3.63) is 17.5 Å². The molecule has 2 heterocycles. The molecule has 2 aliphatic rings. The summed E-state index contributed by atoms with van der Waals surface area (Å²) in [6.07, 6.45) is 6.43. The highest BCUT2D eigenvalue weighted by atomic mass is 15.3. The smallest absolute Gasteiger partial charge is 0.0625 e. The molecule has 4 heteroatoms. The maximum Gasteiger partial charge on any atom is 0.0625 e. The van der Waals surface area contributed by atoms with E-state index in [2.05, 4.69) is 47.0 Å². The number of hydrogen-bond acceptors (Lipinski definition) is 3. The van der Waals surface area contributed by atoms with Crippen molar-refractivity contribution >= 4 is 0 Å². The number of aryl methyl sites for hydroxylation is 2. The molecular weight excluding hydrogens is 260 g/mol. The lowest BCUT2D eigenvalue weighted by atomic mass is 10.0. The zero-order chi connectivity index (χ0) is 14.8. The summed E-state index contributed by atoms with van der Waals surface area (Å²) in [5, 5.41) is 8.38. The van der Waals surface area contributed by atoms with Crippen LogP contribution in [-0.4, -0.2) is 39.9 Å². The second-order valence-corrected chi connectivity index (χ2v) is 6.83. The Morgan fingerprint density at radius 3 is 2.76 bits per heavy atom. The number of piperazine rings is 1. The van der Waals surface area contributed by atoms with Crippen LogP contribution in [0.1, 0.15) is 50.9 Å². The van der Waals surface area contributed by atoms with Gasteiger partial charge in [0.15, 0.2) is 0 Å². The highest BCUT2D eigenvalue weighted by Gasteiger charge is 2.38. The standard InChI is InChI=1S/C17H30N4/c1-4-6-15-11-21(17(10-18-15)13-7-8-13)12-16-9-14(5-2)19-20(16)3/h9,13,15,17-18H,4-8,10-12H2,1-3H3. The van der Waals surface area contributed by atoms with Crippen molar-refractivity contribution in [1.82, 2.24) is 20.0 Å². The third-order valence-corrected chi connectivity index (χ3v) is 5.10. The Kier molecular flexibility index (Phi) is 4.65. The number of nitrogens with zero attached hydrogens (tertiary/aromatic N) is 3. The molecule has 0 spiro atoms. The lowest BCUT2D eigenvalue weighted by molar-refractivity contribution is 0.101. The summed E-state index contributed by atoms with van der Waals surface area (Å²) < 4.78 is 2.08. The van der Waals surface area contributed by atoms with E-state index in [1.54, 1.807) is 0 Å². The molecule has 1 saturated carbocycles. The van der Waals surface area contributed by atoms with Crippen LogP contribution in [0.2, 0.25) is 0 Å². The zero-order valence-corrected chi connectivity index (χ0v) is 13.8. The number of hydrogen-bond donors (Lipinski definition) is 1. The van der Waals surface area contributed by atoms with E-state index < -0.39 is 0 Å². The molecule has 118 valence electrons. The predicted octanol–water partition coefficient (Wildman–Crippen LogP) is 2.33. The molecule has 21 heavy (non-hydrogen) atoms. The molecule has 4 nitrogen and oxygen atoms in total. The maximum atomic E-state index is 4.61. The molecule has 2 fully saturated rings. The number of aromatic nitrogens is 2. The average molecular weight is 290 g/mol. The van der Waals surface area contributed by atoms with Crippen LogP contribution in [0.25, 0.3) is 0 Å². The monoisotopic (exact) mass is 290 g/mol. The van der Waals surface area contributed by atoms with Gasteiger partial charge in [0, 0.05) is 38.8 Å². The van der Waals surface area contributed by atoms with Crippen LogP contribution < -0.4 is 5.32 Å². The summed E-state index contributed by atoms with van der Waals surface area (Å²) >= 11 is 0. The first-order chi connectivity index (χ1) is 10.2. The van der Waals surface area contributed by atoms with E-state index in [-0.39, 0.29) is 0 Å².